The van der Waals surface area contributed by atoms with Gasteiger partial charge in [-0.3, -0.25) is 0 Å². The number of hydrogen-bond acceptors (Lipinski definition) is 2. The van der Waals surface area contributed by atoms with Crippen LogP contribution in [-0.2, 0) is 0 Å². The third-order valence-corrected chi connectivity index (χ3v) is 4.44. The number of anilines is 1. The van der Waals surface area contributed by atoms with Crippen LogP contribution in [0, 0.1) is 12.7 Å². The van der Waals surface area contributed by atoms with E-state index in [1.165, 1.54) is 0 Å². The Kier molecular flexibility index (Phi) is 4.28. The number of nitrogens with zero attached hydrogens (tertiary/aromatic N) is 1. The molecule has 1 aliphatic heterocycles. The van der Waals surface area contributed by atoms with Gasteiger partial charge in [0, 0.05) is 24.3 Å². The van der Waals surface area contributed by atoms with Crippen LogP contribution in [-0.4, -0.2) is 30.6 Å². The number of hydrogen-bond donors (Lipinski definition) is 1. The molecule has 4 heteroatoms. The fourth-order valence-corrected chi connectivity index (χ4v) is 2.90. The van der Waals surface area contributed by atoms with Crippen LogP contribution in [0.25, 0.3) is 0 Å². The molecule has 0 aliphatic carbocycles. The summed E-state index contributed by atoms with van der Waals surface area (Å²) >= 11 is 3.21. The van der Waals surface area contributed by atoms with E-state index >= 15 is 0 Å². The first-order valence-corrected chi connectivity index (χ1v) is 7.19. The molecule has 1 aromatic carbocycles. The SMILES string of the molecule is Cc1cc(Br)c(F)cc1NC1CCN(C)C(C)C1. The van der Waals surface area contributed by atoms with Crippen LogP contribution in [0.2, 0.25) is 0 Å². The molecule has 1 fully saturated rings. The summed E-state index contributed by atoms with van der Waals surface area (Å²) in [4.78, 5) is 2.37. The maximum Gasteiger partial charge on any atom is 0.139 e. The van der Waals surface area contributed by atoms with Crippen molar-refractivity contribution in [3.8, 4) is 0 Å². The highest BCUT2D eigenvalue weighted by molar-refractivity contribution is 9.10. The quantitative estimate of drug-likeness (QED) is 0.893. The fourth-order valence-electron chi connectivity index (χ4n) is 2.44. The minimum atomic E-state index is -0.205. The van der Waals surface area contributed by atoms with Crippen molar-refractivity contribution in [3.05, 3.63) is 28.0 Å². The highest BCUT2D eigenvalue weighted by Crippen LogP contribution is 2.26. The Hall–Kier alpha value is -0.610. The molecule has 1 saturated heterocycles. The lowest BCUT2D eigenvalue weighted by atomic mass is 9.98. The van der Waals surface area contributed by atoms with E-state index in [1.54, 1.807) is 6.07 Å². The lowest BCUT2D eigenvalue weighted by Crippen LogP contribution is -2.42. The van der Waals surface area contributed by atoms with Crippen LogP contribution in [0.3, 0.4) is 0 Å². The average molecular weight is 315 g/mol. The summed E-state index contributed by atoms with van der Waals surface area (Å²) in [6, 6.07) is 4.44. The van der Waals surface area contributed by atoms with Gasteiger partial charge in [-0.1, -0.05) is 0 Å². The largest absolute Gasteiger partial charge is 0.382 e. The molecule has 18 heavy (non-hydrogen) atoms. The number of benzene rings is 1. The zero-order valence-corrected chi connectivity index (χ0v) is 12.7. The van der Waals surface area contributed by atoms with Gasteiger partial charge in [0.15, 0.2) is 0 Å². The van der Waals surface area contributed by atoms with E-state index in [4.69, 9.17) is 0 Å². The summed E-state index contributed by atoms with van der Waals surface area (Å²) in [5.74, 6) is -0.205. The zero-order chi connectivity index (χ0) is 13.3. The van der Waals surface area contributed by atoms with Gasteiger partial charge in [-0.25, -0.2) is 4.39 Å². The molecule has 1 N–H and O–H groups in total. The predicted molar refractivity (Wildman–Crippen MR) is 77.6 cm³/mol. The van der Waals surface area contributed by atoms with Crippen LogP contribution in [0.15, 0.2) is 16.6 Å². The molecule has 0 spiro atoms. The normalized spacial score (nSPS) is 25.2. The predicted octanol–water partition coefficient (Wildman–Crippen LogP) is 3.79. The number of halogens is 2. The van der Waals surface area contributed by atoms with Crippen LogP contribution in [0.1, 0.15) is 25.3 Å². The van der Waals surface area contributed by atoms with Crippen molar-refractivity contribution in [1.29, 1.82) is 0 Å². The van der Waals surface area contributed by atoms with Crippen LogP contribution < -0.4 is 5.32 Å². The minimum Gasteiger partial charge on any atom is -0.382 e. The lowest BCUT2D eigenvalue weighted by Gasteiger charge is -2.36. The van der Waals surface area contributed by atoms with Gasteiger partial charge in [-0.15, -0.1) is 0 Å². The highest BCUT2D eigenvalue weighted by Gasteiger charge is 2.23. The molecule has 2 atom stereocenters. The van der Waals surface area contributed by atoms with Crippen molar-refractivity contribution in [2.75, 3.05) is 18.9 Å². The number of aryl methyl sites for hydroxylation is 1. The van der Waals surface area contributed by atoms with Crippen LogP contribution in [0.5, 0.6) is 0 Å². The third-order valence-electron chi connectivity index (χ3n) is 3.84. The summed E-state index contributed by atoms with van der Waals surface area (Å²) in [6.07, 6.45) is 2.21. The molecule has 100 valence electrons. The van der Waals surface area contributed by atoms with E-state index in [0.29, 0.717) is 16.6 Å². The molecule has 1 aromatic rings. The first-order chi connectivity index (χ1) is 8.47. The van der Waals surface area contributed by atoms with E-state index in [0.717, 1.165) is 30.6 Å². The molecule has 0 saturated carbocycles. The molecule has 2 rings (SSSR count). The maximum atomic E-state index is 13.6. The number of likely N-dealkylation sites (tertiary alicyclic amines) is 1. The van der Waals surface area contributed by atoms with Crippen molar-refractivity contribution in [3.63, 3.8) is 0 Å². The first kappa shape index (κ1) is 13.8. The van der Waals surface area contributed by atoms with Gasteiger partial charge in [0.1, 0.15) is 5.82 Å². The molecule has 2 nitrogen and oxygen atoms in total. The Morgan fingerprint density at radius 2 is 2.17 bits per heavy atom. The van der Waals surface area contributed by atoms with Gasteiger partial charge in [-0.2, -0.15) is 0 Å². The summed E-state index contributed by atoms with van der Waals surface area (Å²) in [5, 5.41) is 3.48. The number of piperidine rings is 1. The Morgan fingerprint density at radius 3 is 2.83 bits per heavy atom. The third kappa shape index (κ3) is 3.04. The van der Waals surface area contributed by atoms with E-state index in [1.807, 2.05) is 13.0 Å². The molecular weight excluding hydrogens is 295 g/mol. The van der Waals surface area contributed by atoms with E-state index < -0.39 is 0 Å². The molecule has 0 radical (unpaired) electrons. The van der Waals surface area contributed by atoms with Gasteiger partial charge in [0.25, 0.3) is 0 Å². The maximum absolute atomic E-state index is 13.6. The van der Waals surface area contributed by atoms with Crippen molar-refractivity contribution in [1.82, 2.24) is 4.90 Å². The Morgan fingerprint density at radius 1 is 1.44 bits per heavy atom. The van der Waals surface area contributed by atoms with Crippen molar-refractivity contribution < 1.29 is 4.39 Å². The second kappa shape index (κ2) is 5.57. The van der Waals surface area contributed by atoms with Gasteiger partial charge in [0.2, 0.25) is 0 Å². The number of nitrogens with one attached hydrogen (secondary N) is 1. The van der Waals surface area contributed by atoms with Crippen molar-refractivity contribution >= 4 is 21.6 Å². The van der Waals surface area contributed by atoms with Crippen LogP contribution in [0.4, 0.5) is 10.1 Å². The van der Waals surface area contributed by atoms with Crippen LogP contribution >= 0.6 is 15.9 Å². The Labute approximate surface area is 117 Å². The summed E-state index contributed by atoms with van der Waals surface area (Å²) in [5.41, 5.74) is 1.99. The van der Waals surface area contributed by atoms with Gasteiger partial charge < -0.3 is 10.2 Å². The molecular formula is C14H20BrFN2. The number of rotatable bonds is 2. The molecule has 0 amide bonds. The van der Waals surface area contributed by atoms with Gasteiger partial charge >= 0.3 is 0 Å². The summed E-state index contributed by atoms with van der Waals surface area (Å²) < 4.78 is 14.1. The van der Waals surface area contributed by atoms with Gasteiger partial charge in [0.05, 0.1) is 4.47 Å². The van der Waals surface area contributed by atoms with E-state index in [2.05, 4.69) is 40.1 Å². The van der Waals surface area contributed by atoms with Crippen molar-refractivity contribution in [2.45, 2.75) is 38.8 Å². The molecule has 0 aromatic heterocycles. The average Bonchev–Trinajstić information content (AvgIpc) is 2.31. The standard InChI is InChI=1S/C14H20BrFN2/c1-9-6-12(15)13(16)8-14(9)17-11-4-5-18(3)10(2)7-11/h6,8,10-11,17H,4-5,7H2,1-3H3. The molecule has 2 unspecified atom stereocenters. The Bertz CT molecular complexity index is 436. The monoisotopic (exact) mass is 314 g/mol. The van der Waals surface area contributed by atoms with Crippen molar-refractivity contribution in [2.24, 2.45) is 0 Å². The summed E-state index contributed by atoms with van der Waals surface area (Å²) in [6.45, 7) is 5.34. The zero-order valence-electron chi connectivity index (χ0n) is 11.1. The van der Waals surface area contributed by atoms with E-state index in [9.17, 15) is 4.39 Å². The second-order valence-corrected chi connectivity index (χ2v) is 6.13. The topological polar surface area (TPSA) is 15.3 Å². The molecule has 1 heterocycles. The lowest BCUT2D eigenvalue weighted by molar-refractivity contribution is 0.190. The second-order valence-electron chi connectivity index (χ2n) is 5.28. The first-order valence-electron chi connectivity index (χ1n) is 6.40. The molecule has 1 aliphatic rings. The van der Waals surface area contributed by atoms with Gasteiger partial charge in [-0.05, 0) is 67.4 Å². The summed E-state index contributed by atoms with van der Waals surface area (Å²) in [7, 11) is 2.16. The Balaban J connectivity index is 2.08. The molecule has 0 bridgehead atoms. The highest BCUT2D eigenvalue weighted by atomic mass is 79.9. The smallest absolute Gasteiger partial charge is 0.139 e. The fraction of sp³-hybridized carbons (Fsp3) is 0.571. The minimum absolute atomic E-state index is 0.205. The van der Waals surface area contributed by atoms with E-state index in [-0.39, 0.29) is 5.82 Å².